The Bertz CT molecular complexity index is 717. The molecular formula is C19H25NO3S. The fourth-order valence-corrected chi connectivity index (χ4v) is 4.37. The zero-order chi connectivity index (χ0) is 17.6. The largest absolute Gasteiger partial charge is 0.395 e. The van der Waals surface area contributed by atoms with Crippen molar-refractivity contribution in [1.82, 2.24) is 4.90 Å². The van der Waals surface area contributed by atoms with Crippen LogP contribution in [0.4, 0.5) is 0 Å². The maximum atomic E-state index is 12.6. The summed E-state index contributed by atoms with van der Waals surface area (Å²) in [4.78, 5) is 2.38. The molecule has 2 aromatic carbocycles. The predicted molar refractivity (Wildman–Crippen MR) is 96.5 cm³/mol. The van der Waals surface area contributed by atoms with Crippen LogP contribution in [0.2, 0.25) is 0 Å². The van der Waals surface area contributed by atoms with Crippen LogP contribution < -0.4 is 0 Å². The Balaban J connectivity index is 2.17. The van der Waals surface area contributed by atoms with Crippen LogP contribution in [-0.2, 0) is 16.4 Å². The zero-order valence-corrected chi connectivity index (χ0v) is 15.0. The molecule has 0 amide bonds. The lowest BCUT2D eigenvalue weighted by atomic mass is 10.1. The normalized spacial score (nSPS) is 14.5. The lowest BCUT2D eigenvalue weighted by Gasteiger charge is -2.33. The van der Waals surface area contributed by atoms with Gasteiger partial charge in [-0.3, -0.25) is 4.90 Å². The molecule has 0 aliphatic rings. The third kappa shape index (κ3) is 4.90. The molecule has 0 saturated heterocycles. The highest BCUT2D eigenvalue weighted by molar-refractivity contribution is 7.91. The Kier molecular flexibility index (Phi) is 6.54. The molecule has 2 atom stereocenters. The fraction of sp³-hybridized carbons (Fsp3) is 0.368. The van der Waals surface area contributed by atoms with Crippen molar-refractivity contribution in [3.05, 3.63) is 66.2 Å². The number of aliphatic hydroxyl groups is 1. The van der Waals surface area contributed by atoms with E-state index in [4.69, 9.17) is 0 Å². The standard InChI is InChI=1S/C19H25NO3S/c1-16(14-21)20(13-18-9-5-3-6-10-18)17(2)15-24(22,23)19-11-7-4-8-12-19/h3-12,16-17,21H,13-15H2,1-2H3/t16-,17?/m0/s1. The lowest BCUT2D eigenvalue weighted by Crippen LogP contribution is -2.44. The summed E-state index contributed by atoms with van der Waals surface area (Å²) in [5.41, 5.74) is 1.10. The molecule has 0 aliphatic carbocycles. The maximum Gasteiger partial charge on any atom is 0.179 e. The van der Waals surface area contributed by atoms with Crippen LogP contribution in [0.1, 0.15) is 19.4 Å². The Morgan fingerprint density at radius 3 is 2.00 bits per heavy atom. The monoisotopic (exact) mass is 347 g/mol. The predicted octanol–water partition coefficient (Wildman–Crippen LogP) is 2.73. The van der Waals surface area contributed by atoms with E-state index in [1.54, 1.807) is 30.3 Å². The van der Waals surface area contributed by atoms with Crippen molar-refractivity contribution >= 4 is 9.84 Å². The van der Waals surface area contributed by atoms with Gasteiger partial charge in [-0.1, -0.05) is 48.5 Å². The number of rotatable bonds is 8. The van der Waals surface area contributed by atoms with E-state index in [0.717, 1.165) is 5.56 Å². The molecular weight excluding hydrogens is 322 g/mol. The number of hydrogen-bond acceptors (Lipinski definition) is 4. The number of benzene rings is 2. The molecule has 0 fully saturated rings. The van der Waals surface area contributed by atoms with Crippen LogP contribution in [-0.4, -0.2) is 42.9 Å². The average Bonchev–Trinajstić information content (AvgIpc) is 2.60. The molecule has 1 N–H and O–H groups in total. The van der Waals surface area contributed by atoms with Crippen molar-refractivity contribution in [2.75, 3.05) is 12.4 Å². The first-order chi connectivity index (χ1) is 11.4. The molecule has 0 aliphatic heterocycles. The van der Waals surface area contributed by atoms with Gasteiger partial charge in [-0.25, -0.2) is 8.42 Å². The van der Waals surface area contributed by atoms with Gasteiger partial charge in [-0.05, 0) is 31.5 Å². The molecule has 1 unspecified atom stereocenters. The van der Waals surface area contributed by atoms with Crippen molar-refractivity contribution in [2.24, 2.45) is 0 Å². The third-order valence-electron chi connectivity index (χ3n) is 4.17. The van der Waals surface area contributed by atoms with E-state index in [1.807, 2.05) is 49.1 Å². The Morgan fingerprint density at radius 1 is 0.917 bits per heavy atom. The van der Waals surface area contributed by atoms with Gasteiger partial charge in [0.1, 0.15) is 0 Å². The minimum absolute atomic E-state index is 0.0114. The molecule has 0 radical (unpaired) electrons. The maximum absolute atomic E-state index is 12.6. The summed E-state index contributed by atoms with van der Waals surface area (Å²) >= 11 is 0. The van der Waals surface area contributed by atoms with E-state index in [1.165, 1.54) is 0 Å². The van der Waals surface area contributed by atoms with E-state index >= 15 is 0 Å². The van der Waals surface area contributed by atoms with Crippen molar-refractivity contribution in [3.63, 3.8) is 0 Å². The van der Waals surface area contributed by atoms with E-state index < -0.39 is 9.84 Å². The molecule has 2 aromatic rings. The summed E-state index contributed by atoms with van der Waals surface area (Å²) in [7, 11) is -3.36. The second-order valence-electron chi connectivity index (χ2n) is 6.13. The van der Waals surface area contributed by atoms with E-state index in [9.17, 15) is 13.5 Å². The molecule has 130 valence electrons. The number of aliphatic hydroxyl groups excluding tert-OH is 1. The summed E-state index contributed by atoms with van der Waals surface area (Å²) in [6, 6.07) is 18.1. The van der Waals surface area contributed by atoms with Crippen LogP contribution in [0.25, 0.3) is 0 Å². The highest BCUT2D eigenvalue weighted by Crippen LogP contribution is 2.17. The topological polar surface area (TPSA) is 57.6 Å². The zero-order valence-electron chi connectivity index (χ0n) is 14.2. The summed E-state index contributed by atoms with van der Waals surface area (Å²) < 4.78 is 25.2. The van der Waals surface area contributed by atoms with Gasteiger partial charge in [-0.2, -0.15) is 0 Å². The number of nitrogens with zero attached hydrogens (tertiary/aromatic N) is 1. The molecule has 0 heterocycles. The molecule has 0 aromatic heterocycles. The van der Waals surface area contributed by atoms with Crippen LogP contribution >= 0.6 is 0 Å². The van der Waals surface area contributed by atoms with Crippen LogP contribution in [0.3, 0.4) is 0 Å². The van der Waals surface area contributed by atoms with Crippen molar-refractivity contribution in [2.45, 2.75) is 37.4 Å². The van der Waals surface area contributed by atoms with Gasteiger partial charge < -0.3 is 5.11 Å². The van der Waals surface area contributed by atoms with Gasteiger partial charge in [0.2, 0.25) is 0 Å². The first kappa shape index (κ1) is 18.6. The minimum Gasteiger partial charge on any atom is -0.395 e. The second kappa shape index (κ2) is 8.42. The average molecular weight is 347 g/mol. The first-order valence-electron chi connectivity index (χ1n) is 8.12. The fourth-order valence-electron chi connectivity index (χ4n) is 2.78. The van der Waals surface area contributed by atoms with Crippen LogP contribution in [0, 0.1) is 0 Å². The summed E-state index contributed by atoms with van der Waals surface area (Å²) in [6.07, 6.45) is 0. The first-order valence-corrected chi connectivity index (χ1v) is 9.77. The van der Waals surface area contributed by atoms with Gasteiger partial charge in [0.15, 0.2) is 9.84 Å². The van der Waals surface area contributed by atoms with E-state index in [0.29, 0.717) is 11.4 Å². The summed E-state index contributed by atoms with van der Waals surface area (Å²) in [6.45, 7) is 4.40. The van der Waals surface area contributed by atoms with E-state index in [-0.39, 0.29) is 24.4 Å². The SMILES string of the molecule is CC(CS(=O)(=O)c1ccccc1)N(Cc1ccccc1)[C@@H](C)CO. The Morgan fingerprint density at radius 2 is 1.46 bits per heavy atom. The third-order valence-corrected chi connectivity index (χ3v) is 6.08. The molecule has 24 heavy (non-hydrogen) atoms. The van der Waals surface area contributed by atoms with Gasteiger partial charge >= 0.3 is 0 Å². The van der Waals surface area contributed by atoms with E-state index in [2.05, 4.69) is 0 Å². The number of hydrogen-bond donors (Lipinski definition) is 1. The molecule has 0 saturated carbocycles. The van der Waals surface area contributed by atoms with Crippen molar-refractivity contribution < 1.29 is 13.5 Å². The number of sulfone groups is 1. The van der Waals surface area contributed by atoms with Crippen LogP contribution in [0.15, 0.2) is 65.6 Å². The lowest BCUT2D eigenvalue weighted by molar-refractivity contribution is 0.101. The van der Waals surface area contributed by atoms with Crippen molar-refractivity contribution in [3.8, 4) is 0 Å². The molecule has 0 bridgehead atoms. The Hall–Kier alpha value is -1.69. The highest BCUT2D eigenvalue weighted by Gasteiger charge is 2.26. The summed E-state index contributed by atoms with van der Waals surface area (Å²) in [5, 5.41) is 9.56. The molecule has 5 heteroatoms. The van der Waals surface area contributed by atoms with Crippen molar-refractivity contribution in [1.29, 1.82) is 0 Å². The van der Waals surface area contributed by atoms with Gasteiger partial charge in [-0.15, -0.1) is 0 Å². The summed E-state index contributed by atoms with van der Waals surface area (Å²) in [5.74, 6) is 0.0220. The van der Waals surface area contributed by atoms with Crippen LogP contribution in [0.5, 0.6) is 0 Å². The molecule has 2 rings (SSSR count). The van der Waals surface area contributed by atoms with Gasteiger partial charge in [0.25, 0.3) is 0 Å². The molecule has 4 nitrogen and oxygen atoms in total. The highest BCUT2D eigenvalue weighted by atomic mass is 32.2. The Labute approximate surface area is 144 Å². The quantitative estimate of drug-likeness (QED) is 0.798. The minimum atomic E-state index is -3.36. The molecule has 0 spiro atoms. The van der Waals surface area contributed by atoms with Gasteiger partial charge in [0.05, 0.1) is 17.3 Å². The van der Waals surface area contributed by atoms with Gasteiger partial charge in [0, 0.05) is 18.6 Å². The smallest absolute Gasteiger partial charge is 0.179 e. The second-order valence-corrected chi connectivity index (χ2v) is 8.17.